The van der Waals surface area contributed by atoms with Crippen molar-refractivity contribution in [2.45, 2.75) is 38.7 Å². The molecule has 0 unspecified atom stereocenters. The third kappa shape index (κ3) is 3.29. The number of amides is 1. The van der Waals surface area contributed by atoms with Gasteiger partial charge in [0, 0.05) is 31.0 Å². The van der Waals surface area contributed by atoms with Gasteiger partial charge < -0.3 is 14.4 Å². The number of rotatable bonds is 2. The van der Waals surface area contributed by atoms with E-state index in [1.807, 2.05) is 6.07 Å². The number of allylic oxidation sites excluding steroid dienone is 1. The van der Waals surface area contributed by atoms with Crippen LogP contribution in [0.15, 0.2) is 24.6 Å². The third-order valence-corrected chi connectivity index (χ3v) is 4.88. The number of hydrogen-bond acceptors (Lipinski definition) is 4. The largest absolute Gasteiger partial charge is 0.485 e. The molecular formula is C17H21ClN2O3. The monoisotopic (exact) mass is 336 g/mol. The Morgan fingerprint density at radius 3 is 2.87 bits per heavy atom. The quantitative estimate of drug-likeness (QED) is 0.608. The van der Waals surface area contributed by atoms with Crippen LogP contribution in [-0.4, -0.2) is 34.7 Å². The highest BCUT2D eigenvalue weighted by Crippen LogP contribution is 2.42. The van der Waals surface area contributed by atoms with Crippen molar-refractivity contribution >= 4 is 17.7 Å². The molecule has 0 N–H and O–H groups in total. The lowest BCUT2D eigenvalue weighted by atomic mass is 9.79. The number of carbonyl (C=O) groups excluding carboxylic acids is 1. The van der Waals surface area contributed by atoms with Crippen molar-refractivity contribution in [2.24, 2.45) is 5.92 Å². The first-order valence-electron chi connectivity index (χ1n) is 7.83. The van der Waals surface area contributed by atoms with Crippen LogP contribution >= 0.6 is 11.6 Å². The van der Waals surface area contributed by atoms with E-state index < -0.39 is 0 Å². The van der Waals surface area contributed by atoms with Gasteiger partial charge in [0.05, 0.1) is 12.0 Å². The molecule has 1 atom stereocenters. The van der Waals surface area contributed by atoms with Gasteiger partial charge in [-0.25, -0.2) is 9.78 Å². The number of halogens is 1. The standard InChI is InChI=1S/C17H21ClN2O3/c1-11(2)22-16(21)20-6-4-13(5-7-20)17(3)9-12-8-15(18)19-10-14(12)23-17/h8,10,13H,1,4-7,9H2,2-3H3/t17-/m0/s1. The molecule has 1 aromatic rings. The van der Waals surface area contributed by atoms with E-state index >= 15 is 0 Å². The summed E-state index contributed by atoms with van der Waals surface area (Å²) in [6.45, 7) is 8.75. The molecule has 0 saturated carbocycles. The lowest BCUT2D eigenvalue weighted by Gasteiger charge is -2.39. The molecule has 23 heavy (non-hydrogen) atoms. The Bertz CT molecular complexity index is 641. The van der Waals surface area contributed by atoms with Crippen molar-refractivity contribution in [1.82, 2.24) is 9.88 Å². The van der Waals surface area contributed by atoms with E-state index in [4.69, 9.17) is 21.1 Å². The van der Waals surface area contributed by atoms with Gasteiger partial charge in [0.2, 0.25) is 0 Å². The molecule has 1 fully saturated rings. The Balaban J connectivity index is 1.62. The van der Waals surface area contributed by atoms with Crippen molar-refractivity contribution in [3.8, 4) is 5.75 Å². The molecule has 0 aliphatic carbocycles. The Kier molecular flexibility index (Phi) is 4.23. The molecule has 3 heterocycles. The first kappa shape index (κ1) is 16.1. The topological polar surface area (TPSA) is 51.7 Å². The molecule has 0 aromatic carbocycles. The Morgan fingerprint density at radius 2 is 2.22 bits per heavy atom. The fourth-order valence-corrected chi connectivity index (χ4v) is 3.65. The van der Waals surface area contributed by atoms with Crippen LogP contribution in [0.5, 0.6) is 5.75 Å². The predicted octanol–water partition coefficient (Wildman–Crippen LogP) is 3.81. The zero-order valence-corrected chi connectivity index (χ0v) is 14.2. The molecule has 5 nitrogen and oxygen atoms in total. The van der Waals surface area contributed by atoms with E-state index in [1.165, 1.54) is 0 Å². The molecule has 0 radical (unpaired) electrons. The number of aromatic nitrogens is 1. The van der Waals surface area contributed by atoms with Crippen molar-refractivity contribution in [3.05, 3.63) is 35.3 Å². The molecule has 0 spiro atoms. The maximum absolute atomic E-state index is 11.9. The van der Waals surface area contributed by atoms with Gasteiger partial charge in [-0.2, -0.15) is 0 Å². The number of ether oxygens (including phenoxy) is 2. The summed E-state index contributed by atoms with van der Waals surface area (Å²) >= 11 is 5.97. The molecule has 2 aliphatic rings. The van der Waals surface area contributed by atoms with Crippen LogP contribution in [0.2, 0.25) is 5.15 Å². The Labute approximate surface area is 141 Å². The van der Waals surface area contributed by atoms with Crippen LogP contribution in [0.25, 0.3) is 0 Å². The first-order valence-corrected chi connectivity index (χ1v) is 8.21. The number of carbonyl (C=O) groups is 1. The van der Waals surface area contributed by atoms with E-state index in [2.05, 4.69) is 18.5 Å². The van der Waals surface area contributed by atoms with E-state index in [9.17, 15) is 4.79 Å². The lowest BCUT2D eigenvalue weighted by molar-refractivity contribution is 0.0117. The minimum absolute atomic E-state index is 0.265. The van der Waals surface area contributed by atoms with Gasteiger partial charge in [-0.15, -0.1) is 0 Å². The number of nitrogens with zero attached hydrogens (tertiary/aromatic N) is 2. The summed E-state index contributed by atoms with van der Waals surface area (Å²) in [5.41, 5.74) is 0.843. The van der Waals surface area contributed by atoms with Gasteiger partial charge in [-0.1, -0.05) is 18.2 Å². The molecule has 0 bridgehead atoms. The van der Waals surface area contributed by atoms with Crippen molar-refractivity contribution in [1.29, 1.82) is 0 Å². The Morgan fingerprint density at radius 1 is 1.52 bits per heavy atom. The third-order valence-electron chi connectivity index (χ3n) is 4.68. The molecule has 6 heteroatoms. The Hall–Kier alpha value is -1.75. The van der Waals surface area contributed by atoms with E-state index in [0.717, 1.165) is 30.6 Å². The first-order chi connectivity index (χ1) is 10.9. The van der Waals surface area contributed by atoms with Crippen LogP contribution in [0.1, 0.15) is 32.3 Å². The van der Waals surface area contributed by atoms with Gasteiger partial charge >= 0.3 is 6.09 Å². The fourth-order valence-electron chi connectivity index (χ4n) is 3.46. The highest BCUT2D eigenvalue weighted by atomic mass is 35.5. The average Bonchev–Trinajstić information content (AvgIpc) is 2.83. The second-order valence-corrected chi connectivity index (χ2v) is 6.92. The normalized spacial score (nSPS) is 24.0. The zero-order chi connectivity index (χ0) is 16.6. The SMILES string of the molecule is C=C(C)OC(=O)N1CCC([C@]2(C)Cc3cc(Cl)ncc3O2)CC1. The molecule has 124 valence electrons. The van der Waals surface area contributed by atoms with Crippen molar-refractivity contribution < 1.29 is 14.3 Å². The minimum atomic E-state index is -0.312. The summed E-state index contributed by atoms with van der Waals surface area (Å²) in [4.78, 5) is 17.7. The lowest BCUT2D eigenvalue weighted by Crippen LogP contribution is -2.47. The van der Waals surface area contributed by atoms with E-state index in [-0.39, 0.29) is 11.7 Å². The van der Waals surface area contributed by atoms with Crippen LogP contribution in [-0.2, 0) is 11.2 Å². The van der Waals surface area contributed by atoms with Gasteiger partial charge in [0.1, 0.15) is 16.5 Å². The molecule has 1 saturated heterocycles. The molecular weight excluding hydrogens is 316 g/mol. The summed E-state index contributed by atoms with van der Waals surface area (Å²) in [5, 5.41) is 0.494. The second kappa shape index (κ2) is 6.04. The number of fused-ring (bicyclic) bond motifs is 1. The van der Waals surface area contributed by atoms with Gasteiger partial charge in [0.25, 0.3) is 0 Å². The van der Waals surface area contributed by atoms with Gasteiger partial charge in [0.15, 0.2) is 0 Å². The smallest absolute Gasteiger partial charge is 0.414 e. The molecule has 2 aliphatic heterocycles. The molecule has 1 amide bonds. The molecule has 1 aromatic heterocycles. The number of likely N-dealkylation sites (tertiary alicyclic amines) is 1. The zero-order valence-electron chi connectivity index (χ0n) is 13.5. The van der Waals surface area contributed by atoms with Gasteiger partial charge in [-0.05, 0) is 32.8 Å². The summed E-state index contributed by atoms with van der Waals surface area (Å²) in [6.07, 6.45) is 3.98. The maximum Gasteiger partial charge on any atom is 0.414 e. The van der Waals surface area contributed by atoms with E-state index in [1.54, 1.807) is 18.0 Å². The van der Waals surface area contributed by atoms with E-state index in [0.29, 0.717) is 29.9 Å². The van der Waals surface area contributed by atoms with Crippen molar-refractivity contribution in [3.63, 3.8) is 0 Å². The van der Waals surface area contributed by atoms with Gasteiger partial charge in [-0.3, -0.25) is 0 Å². The van der Waals surface area contributed by atoms with Crippen LogP contribution in [0.3, 0.4) is 0 Å². The summed E-state index contributed by atoms with van der Waals surface area (Å²) in [7, 11) is 0. The van der Waals surface area contributed by atoms with Crippen LogP contribution in [0, 0.1) is 5.92 Å². The fraction of sp³-hybridized carbons (Fsp3) is 0.529. The number of hydrogen-bond donors (Lipinski definition) is 0. The highest BCUT2D eigenvalue weighted by molar-refractivity contribution is 6.29. The molecule has 3 rings (SSSR count). The summed E-state index contributed by atoms with van der Waals surface area (Å²) < 4.78 is 11.3. The minimum Gasteiger partial charge on any atom is -0.485 e. The van der Waals surface area contributed by atoms with Crippen LogP contribution < -0.4 is 4.74 Å². The van der Waals surface area contributed by atoms with Crippen LogP contribution in [0.4, 0.5) is 4.79 Å². The average molecular weight is 337 g/mol. The summed E-state index contributed by atoms with van der Waals surface area (Å²) in [6, 6.07) is 1.88. The summed E-state index contributed by atoms with van der Waals surface area (Å²) in [5.74, 6) is 1.62. The number of piperidine rings is 1. The highest BCUT2D eigenvalue weighted by Gasteiger charge is 2.43. The number of pyridine rings is 1. The maximum atomic E-state index is 11.9. The second-order valence-electron chi connectivity index (χ2n) is 6.54. The van der Waals surface area contributed by atoms with Crippen molar-refractivity contribution in [2.75, 3.05) is 13.1 Å². The predicted molar refractivity (Wildman–Crippen MR) is 87.6 cm³/mol.